The van der Waals surface area contributed by atoms with Crippen molar-refractivity contribution in [1.29, 1.82) is 0 Å². The molecule has 94 valence electrons. The molecule has 18 heavy (non-hydrogen) atoms. The molecule has 1 aromatic heterocycles. The average molecular weight is 324 g/mol. The highest BCUT2D eigenvalue weighted by Crippen LogP contribution is 2.25. The van der Waals surface area contributed by atoms with E-state index < -0.39 is 0 Å². The molecule has 1 aliphatic rings. The van der Waals surface area contributed by atoms with Crippen molar-refractivity contribution >= 4 is 38.1 Å². The van der Waals surface area contributed by atoms with Crippen molar-refractivity contribution in [1.82, 2.24) is 4.98 Å². The summed E-state index contributed by atoms with van der Waals surface area (Å²) in [7, 11) is 0. The van der Waals surface area contributed by atoms with E-state index in [-0.39, 0.29) is 0 Å². The summed E-state index contributed by atoms with van der Waals surface area (Å²) in [5, 5.41) is 3.16. The van der Waals surface area contributed by atoms with Crippen LogP contribution in [-0.2, 0) is 0 Å². The van der Waals surface area contributed by atoms with Crippen LogP contribution in [0.2, 0.25) is 0 Å². The SMILES string of the molecule is Brc1csc(N2CCN(c3ccccc3)CC2)n1. The highest BCUT2D eigenvalue weighted by atomic mass is 79.9. The Morgan fingerprint density at radius 2 is 1.67 bits per heavy atom. The van der Waals surface area contributed by atoms with Crippen LogP contribution in [0.25, 0.3) is 0 Å². The number of nitrogens with zero attached hydrogens (tertiary/aromatic N) is 3. The topological polar surface area (TPSA) is 19.4 Å². The summed E-state index contributed by atoms with van der Waals surface area (Å²) in [5.41, 5.74) is 1.32. The van der Waals surface area contributed by atoms with E-state index in [1.807, 2.05) is 5.38 Å². The van der Waals surface area contributed by atoms with Gasteiger partial charge in [0.1, 0.15) is 4.60 Å². The first-order valence-corrected chi connectivity index (χ1v) is 7.66. The Hall–Kier alpha value is -1.07. The van der Waals surface area contributed by atoms with Gasteiger partial charge in [-0.05, 0) is 28.1 Å². The van der Waals surface area contributed by atoms with Gasteiger partial charge < -0.3 is 9.80 Å². The number of aromatic nitrogens is 1. The Kier molecular flexibility index (Phi) is 3.52. The van der Waals surface area contributed by atoms with Crippen molar-refractivity contribution in [3.05, 3.63) is 40.3 Å². The van der Waals surface area contributed by atoms with Gasteiger partial charge in [0.25, 0.3) is 0 Å². The third-order valence-electron chi connectivity index (χ3n) is 3.14. The van der Waals surface area contributed by atoms with Crippen LogP contribution >= 0.6 is 27.3 Å². The number of benzene rings is 1. The Balaban J connectivity index is 1.65. The van der Waals surface area contributed by atoms with E-state index in [1.54, 1.807) is 11.3 Å². The molecular weight excluding hydrogens is 310 g/mol. The molecule has 0 saturated carbocycles. The van der Waals surface area contributed by atoms with Crippen LogP contribution in [0.15, 0.2) is 40.3 Å². The maximum atomic E-state index is 4.47. The van der Waals surface area contributed by atoms with Crippen molar-refractivity contribution in [2.45, 2.75) is 0 Å². The van der Waals surface area contributed by atoms with E-state index in [2.05, 4.69) is 61.0 Å². The zero-order valence-electron chi connectivity index (χ0n) is 9.92. The molecule has 1 saturated heterocycles. The molecule has 0 N–H and O–H groups in total. The van der Waals surface area contributed by atoms with Gasteiger partial charge in [-0.3, -0.25) is 0 Å². The first-order valence-electron chi connectivity index (χ1n) is 5.99. The molecule has 0 atom stereocenters. The molecular formula is C13H14BrN3S. The van der Waals surface area contributed by atoms with E-state index in [1.165, 1.54) is 5.69 Å². The van der Waals surface area contributed by atoms with Gasteiger partial charge in [0.15, 0.2) is 5.13 Å². The average Bonchev–Trinajstić information content (AvgIpc) is 2.87. The molecule has 5 heteroatoms. The molecule has 1 aliphatic heterocycles. The Bertz CT molecular complexity index is 506. The normalized spacial score (nSPS) is 16.1. The first kappa shape index (κ1) is 12.0. The van der Waals surface area contributed by atoms with Gasteiger partial charge in [-0.1, -0.05) is 18.2 Å². The fourth-order valence-electron chi connectivity index (χ4n) is 2.19. The van der Waals surface area contributed by atoms with Gasteiger partial charge in [0.2, 0.25) is 0 Å². The lowest BCUT2D eigenvalue weighted by molar-refractivity contribution is 0.652. The summed E-state index contributed by atoms with van der Waals surface area (Å²) in [5.74, 6) is 0. The fourth-order valence-corrected chi connectivity index (χ4v) is 3.49. The summed E-state index contributed by atoms with van der Waals surface area (Å²) in [6.45, 7) is 4.19. The number of thiazole rings is 1. The van der Waals surface area contributed by atoms with Crippen LogP contribution in [0.1, 0.15) is 0 Å². The maximum absolute atomic E-state index is 4.47. The van der Waals surface area contributed by atoms with Crippen molar-refractivity contribution < 1.29 is 0 Å². The van der Waals surface area contributed by atoms with E-state index in [9.17, 15) is 0 Å². The lowest BCUT2D eigenvalue weighted by Gasteiger charge is -2.35. The molecule has 2 heterocycles. The second kappa shape index (κ2) is 5.28. The van der Waals surface area contributed by atoms with Crippen molar-refractivity contribution in [2.75, 3.05) is 36.0 Å². The minimum Gasteiger partial charge on any atom is -0.368 e. The third-order valence-corrected chi connectivity index (χ3v) is 4.75. The number of hydrogen-bond acceptors (Lipinski definition) is 4. The van der Waals surface area contributed by atoms with E-state index in [0.29, 0.717) is 0 Å². The number of rotatable bonds is 2. The quantitative estimate of drug-likeness (QED) is 0.845. The molecule has 1 fully saturated rings. The zero-order valence-corrected chi connectivity index (χ0v) is 12.3. The van der Waals surface area contributed by atoms with Gasteiger partial charge in [-0.15, -0.1) is 11.3 Å². The van der Waals surface area contributed by atoms with E-state index >= 15 is 0 Å². The third kappa shape index (κ3) is 2.52. The second-order valence-electron chi connectivity index (χ2n) is 4.26. The van der Waals surface area contributed by atoms with E-state index in [0.717, 1.165) is 35.9 Å². The van der Waals surface area contributed by atoms with Crippen LogP contribution in [0.4, 0.5) is 10.8 Å². The van der Waals surface area contributed by atoms with Crippen LogP contribution in [0.3, 0.4) is 0 Å². The molecule has 3 nitrogen and oxygen atoms in total. The van der Waals surface area contributed by atoms with Gasteiger partial charge >= 0.3 is 0 Å². The minimum atomic E-state index is 0.938. The minimum absolute atomic E-state index is 0.938. The molecule has 0 bridgehead atoms. The fraction of sp³-hybridized carbons (Fsp3) is 0.308. The lowest BCUT2D eigenvalue weighted by Crippen LogP contribution is -2.46. The molecule has 0 aliphatic carbocycles. The number of halogens is 1. The number of hydrogen-bond donors (Lipinski definition) is 0. The Morgan fingerprint density at radius 3 is 2.28 bits per heavy atom. The maximum Gasteiger partial charge on any atom is 0.186 e. The van der Waals surface area contributed by atoms with Gasteiger partial charge in [0.05, 0.1) is 0 Å². The predicted octanol–water partition coefficient (Wildman–Crippen LogP) is 3.23. The standard InChI is InChI=1S/C13H14BrN3S/c14-12-10-18-13(15-12)17-8-6-16(7-9-17)11-4-2-1-3-5-11/h1-5,10H,6-9H2. The zero-order chi connectivity index (χ0) is 12.4. The lowest BCUT2D eigenvalue weighted by atomic mass is 10.2. The van der Waals surface area contributed by atoms with Gasteiger partial charge in [-0.25, -0.2) is 4.98 Å². The van der Waals surface area contributed by atoms with Gasteiger partial charge in [0, 0.05) is 37.2 Å². The first-order chi connectivity index (χ1) is 8.83. The summed E-state index contributed by atoms with van der Waals surface area (Å²) < 4.78 is 0.938. The van der Waals surface area contributed by atoms with Crippen molar-refractivity contribution in [3.63, 3.8) is 0 Å². The summed E-state index contributed by atoms with van der Waals surface area (Å²) in [4.78, 5) is 9.26. The smallest absolute Gasteiger partial charge is 0.186 e. The summed E-state index contributed by atoms with van der Waals surface area (Å²) >= 11 is 5.11. The van der Waals surface area contributed by atoms with Crippen LogP contribution < -0.4 is 9.80 Å². The largest absolute Gasteiger partial charge is 0.368 e. The highest BCUT2D eigenvalue weighted by molar-refractivity contribution is 9.10. The van der Waals surface area contributed by atoms with Crippen LogP contribution in [0, 0.1) is 0 Å². The second-order valence-corrected chi connectivity index (χ2v) is 5.91. The van der Waals surface area contributed by atoms with E-state index in [4.69, 9.17) is 0 Å². The Labute approximate surface area is 119 Å². The number of piperazine rings is 1. The molecule has 1 aromatic carbocycles. The summed E-state index contributed by atoms with van der Waals surface area (Å²) in [6.07, 6.45) is 0. The predicted molar refractivity (Wildman–Crippen MR) is 80.7 cm³/mol. The molecule has 0 unspecified atom stereocenters. The molecule has 0 radical (unpaired) electrons. The number of anilines is 2. The summed E-state index contributed by atoms with van der Waals surface area (Å²) in [6, 6.07) is 10.6. The molecule has 2 aromatic rings. The van der Waals surface area contributed by atoms with Gasteiger partial charge in [-0.2, -0.15) is 0 Å². The van der Waals surface area contributed by atoms with Crippen molar-refractivity contribution in [3.8, 4) is 0 Å². The van der Waals surface area contributed by atoms with Crippen LogP contribution in [-0.4, -0.2) is 31.2 Å². The molecule has 3 rings (SSSR count). The molecule has 0 spiro atoms. The van der Waals surface area contributed by atoms with Crippen molar-refractivity contribution in [2.24, 2.45) is 0 Å². The highest BCUT2D eigenvalue weighted by Gasteiger charge is 2.19. The van der Waals surface area contributed by atoms with Crippen LogP contribution in [0.5, 0.6) is 0 Å². The Morgan fingerprint density at radius 1 is 1.00 bits per heavy atom. The molecule has 0 amide bonds. The number of para-hydroxylation sites is 1. The monoisotopic (exact) mass is 323 g/mol.